The third-order valence-electron chi connectivity index (χ3n) is 3.42. The number of nitrogens with one attached hydrogen (secondary N) is 1. The van der Waals surface area contributed by atoms with Crippen molar-refractivity contribution in [2.45, 2.75) is 39.7 Å². The molecule has 3 nitrogen and oxygen atoms in total. The molecule has 1 amide bonds. The first kappa shape index (κ1) is 12.9. The van der Waals surface area contributed by atoms with Gasteiger partial charge in [-0.15, -0.1) is 0 Å². The smallest absolute Gasteiger partial charge is 0.254 e. The molecule has 0 spiro atoms. The lowest BCUT2D eigenvalue weighted by Crippen LogP contribution is -2.37. The highest BCUT2D eigenvalue weighted by Crippen LogP contribution is 2.24. The summed E-state index contributed by atoms with van der Waals surface area (Å²) in [6.45, 7) is 8.04. The van der Waals surface area contributed by atoms with Crippen LogP contribution < -0.4 is 5.32 Å². The number of rotatable bonds is 4. The van der Waals surface area contributed by atoms with Crippen LogP contribution in [0.15, 0.2) is 18.2 Å². The molecular formula is C15H22N2O. The number of anilines is 1. The first-order valence-corrected chi connectivity index (χ1v) is 6.81. The summed E-state index contributed by atoms with van der Waals surface area (Å²) in [6, 6.07) is 6.28. The third-order valence-corrected chi connectivity index (χ3v) is 3.42. The van der Waals surface area contributed by atoms with Gasteiger partial charge in [-0.2, -0.15) is 0 Å². The number of hydrogen-bond acceptors (Lipinski definition) is 2. The van der Waals surface area contributed by atoms with Gasteiger partial charge >= 0.3 is 0 Å². The summed E-state index contributed by atoms with van der Waals surface area (Å²) in [4.78, 5) is 14.4. The molecular weight excluding hydrogens is 224 g/mol. The molecule has 1 aliphatic heterocycles. The Morgan fingerprint density at radius 2 is 2.22 bits per heavy atom. The average molecular weight is 246 g/mol. The first-order chi connectivity index (χ1) is 8.63. The monoisotopic (exact) mass is 246 g/mol. The maximum atomic E-state index is 12.5. The highest BCUT2D eigenvalue weighted by atomic mass is 16.2. The largest absolute Gasteiger partial charge is 0.384 e. The van der Waals surface area contributed by atoms with E-state index in [0.717, 1.165) is 37.2 Å². The van der Waals surface area contributed by atoms with Gasteiger partial charge < -0.3 is 10.2 Å². The van der Waals surface area contributed by atoms with Crippen LogP contribution in [0.5, 0.6) is 0 Å². The summed E-state index contributed by atoms with van der Waals surface area (Å²) in [7, 11) is 0. The zero-order valence-corrected chi connectivity index (χ0v) is 11.5. The van der Waals surface area contributed by atoms with Crippen LogP contribution >= 0.6 is 0 Å². The summed E-state index contributed by atoms with van der Waals surface area (Å²) in [5, 5.41) is 3.32. The summed E-state index contributed by atoms with van der Waals surface area (Å²) < 4.78 is 0. The average Bonchev–Trinajstić information content (AvgIpc) is 2.81. The lowest BCUT2D eigenvalue weighted by molar-refractivity contribution is 0.0706. The van der Waals surface area contributed by atoms with Gasteiger partial charge in [-0.3, -0.25) is 4.79 Å². The van der Waals surface area contributed by atoms with Crippen molar-refractivity contribution in [3.8, 4) is 0 Å². The number of nitrogens with zero attached hydrogens (tertiary/aromatic N) is 1. The fraction of sp³-hybridized carbons (Fsp3) is 0.533. The van der Waals surface area contributed by atoms with Crippen molar-refractivity contribution in [2.75, 3.05) is 18.4 Å². The van der Waals surface area contributed by atoms with Crippen molar-refractivity contribution in [1.82, 2.24) is 4.90 Å². The maximum absolute atomic E-state index is 12.5. The molecule has 98 valence electrons. The Morgan fingerprint density at radius 3 is 2.89 bits per heavy atom. The van der Waals surface area contributed by atoms with E-state index in [-0.39, 0.29) is 11.9 Å². The van der Waals surface area contributed by atoms with E-state index in [1.807, 2.05) is 17.0 Å². The molecule has 0 aliphatic carbocycles. The second kappa shape index (κ2) is 5.42. The number of carbonyl (C=O) groups is 1. The lowest BCUT2D eigenvalue weighted by atomic mass is 10.1. The van der Waals surface area contributed by atoms with Gasteiger partial charge in [0.2, 0.25) is 0 Å². The molecule has 1 N–H and O–H groups in total. The standard InChI is InChI=1S/C15H22N2O/c1-4-9-17(11(2)3)15(18)13-6-5-12-7-8-16-14(12)10-13/h5-6,10-11,16H,4,7-9H2,1-3H3. The Hall–Kier alpha value is -1.51. The molecule has 0 atom stereocenters. The minimum absolute atomic E-state index is 0.142. The van der Waals surface area contributed by atoms with Gasteiger partial charge in [0.05, 0.1) is 0 Å². The SMILES string of the molecule is CCCN(C(=O)c1ccc2c(c1)NCC2)C(C)C. The molecule has 0 saturated heterocycles. The molecule has 0 saturated carbocycles. The normalized spacial score (nSPS) is 13.3. The van der Waals surface area contributed by atoms with E-state index in [1.165, 1.54) is 5.56 Å². The van der Waals surface area contributed by atoms with E-state index in [0.29, 0.717) is 0 Å². The molecule has 1 aromatic rings. The number of carbonyl (C=O) groups excluding carboxylic acids is 1. The van der Waals surface area contributed by atoms with Gasteiger partial charge in [-0.1, -0.05) is 13.0 Å². The Morgan fingerprint density at radius 1 is 1.44 bits per heavy atom. The number of benzene rings is 1. The van der Waals surface area contributed by atoms with Crippen LogP contribution in [-0.2, 0) is 6.42 Å². The van der Waals surface area contributed by atoms with Gasteiger partial charge in [-0.25, -0.2) is 0 Å². The molecule has 3 heteroatoms. The Bertz CT molecular complexity index is 440. The van der Waals surface area contributed by atoms with E-state index < -0.39 is 0 Å². The van der Waals surface area contributed by atoms with Crippen molar-refractivity contribution >= 4 is 11.6 Å². The van der Waals surface area contributed by atoms with Gasteiger partial charge in [0.15, 0.2) is 0 Å². The molecule has 1 heterocycles. The van der Waals surface area contributed by atoms with Crippen LogP contribution in [0.3, 0.4) is 0 Å². The molecule has 0 aromatic heterocycles. The predicted molar refractivity (Wildman–Crippen MR) is 75.1 cm³/mol. The minimum atomic E-state index is 0.142. The molecule has 0 unspecified atom stereocenters. The minimum Gasteiger partial charge on any atom is -0.384 e. The number of fused-ring (bicyclic) bond motifs is 1. The van der Waals surface area contributed by atoms with Crippen molar-refractivity contribution < 1.29 is 4.79 Å². The van der Waals surface area contributed by atoms with Crippen molar-refractivity contribution in [3.05, 3.63) is 29.3 Å². The van der Waals surface area contributed by atoms with Gasteiger partial charge in [0.25, 0.3) is 5.91 Å². The van der Waals surface area contributed by atoms with Crippen molar-refractivity contribution in [1.29, 1.82) is 0 Å². The van der Waals surface area contributed by atoms with E-state index in [4.69, 9.17) is 0 Å². The van der Waals surface area contributed by atoms with Gasteiger partial charge in [0, 0.05) is 30.4 Å². The zero-order valence-electron chi connectivity index (χ0n) is 11.5. The molecule has 18 heavy (non-hydrogen) atoms. The number of hydrogen-bond donors (Lipinski definition) is 1. The quantitative estimate of drug-likeness (QED) is 0.886. The molecule has 0 radical (unpaired) electrons. The van der Waals surface area contributed by atoms with E-state index in [1.54, 1.807) is 0 Å². The summed E-state index contributed by atoms with van der Waals surface area (Å²) in [5.74, 6) is 0.142. The van der Waals surface area contributed by atoms with Crippen LogP contribution in [0.25, 0.3) is 0 Å². The molecule has 1 aliphatic rings. The highest BCUT2D eigenvalue weighted by Gasteiger charge is 2.19. The van der Waals surface area contributed by atoms with E-state index in [2.05, 4.69) is 32.2 Å². The fourth-order valence-electron chi connectivity index (χ4n) is 2.42. The molecule has 0 bridgehead atoms. The highest BCUT2D eigenvalue weighted by molar-refractivity contribution is 5.95. The summed E-state index contributed by atoms with van der Waals surface area (Å²) in [5.41, 5.74) is 3.24. The lowest BCUT2D eigenvalue weighted by Gasteiger charge is -2.26. The third kappa shape index (κ3) is 2.50. The van der Waals surface area contributed by atoms with Crippen molar-refractivity contribution in [3.63, 3.8) is 0 Å². The van der Waals surface area contributed by atoms with Crippen LogP contribution in [0.2, 0.25) is 0 Å². The molecule has 1 aromatic carbocycles. The van der Waals surface area contributed by atoms with Crippen molar-refractivity contribution in [2.24, 2.45) is 0 Å². The Kier molecular flexibility index (Phi) is 3.90. The van der Waals surface area contributed by atoms with Crippen LogP contribution in [0.4, 0.5) is 5.69 Å². The van der Waals surface area contributed by atoms with E-state index >= 15 is 0 Å². The second-order valence-corrected chi connectivity index (χ2v) is 5.14. The van der Waals surface area contributed by atoms with Gasteiger partial charge in [0.1, 0.15) is 0 Å². The number of amides is 1. The Labute approximate surface area is 109 Å². The zero-order chi connectivity index (χ0) is 13.1. The maximum Gasteiger partial charge on any atom is 0.254 e. The molecule has 2 rings (SSSR count). The topological polar surface area (TPSA) is 32.3 Å². The predicted octanol–water partition coefficient (Wildman–Crippen LogP) is 2.92. The van der Waals surface area contributed by atoms with E-state index in [9.17, 15) is 4.79 Å². The van der Waals surface area contributed by atoms with Gasteiger partial charge in [-0.05, 0) is 44.4 Å². The second-order valence-electron chi connectivity index (χ2n) is 5.14. The van der Waals surface area contributed by atoms with Crippen LogP contribution in [0.1, 0.15) is 43.1 Å². The van der Waals surface area contributed by atoms with Crippen LogP contribution in [0, 0.1) is 0 Å². The summed E-state index contributed by atoms with van der Waals surface area (Å²) >= 11 is 0. The fourth-order valence-corrected chi connectivity index (χ4v) is 2.42. The van der Waals surface area contributed by atoms with Crippen LogP contribution in [-0.4, -0.2) is 29.9 Å². The molecule has 0 fully saturated rings. The summed E-state index contributed by atoms with van der Waals surface area (Å²) in [6.07, 6.45) is 2.06. The Balaban J connectivity index is 2.22. The first-order valence-electron chi connectivity index (χ1n) is 6.81.